The van der Waals surface area contributed by atoms with Gasteiger partial charge in [-0.1, -0.05) is 0 Å². The standard InChI is InChI=1S/C13H19N5O/c1-10-8-12(18-13(16-10)14-9-15-18)17-6-2-4-11(17)5-3-7-19/h8-9,11,19H,2-7H2,1H3. The molecule has 3 rings (SSSR count). The predicted molar refractivity (Wildman–Crippen MR) is 72.2 cm³/mol. The zero-order valence-corrected chi connectivity index (χ0v) is 11.2. The lowest BCUT2D eigenvalue weighted by molar-refractivity contribution is 0.279. The Kier molecular flexibility index (Phi) is 3.33. The number of hydrogen-bond donors (Lipinski definition) is 1. The molecule has 3 heterocycles. The summed E-state index contributed by atoms with van der Waals surface area (Å²) in [4.78, 5) is 10.9. The zero-order valence-electron chi connectivity index (χ0n) is 11.2. The Morgan fingerprint density at radius 3 is 3.21 bits per heavy atom. The van der Waals surface area contributed by atoms with Gasteiger partial charge in [0.2, 0.25) is 0 Å². The van der Waals surface area contributed by atoms with Crippen LogP contribution in [0.4, 0.5) is 5.82 Å². The third kappa shape index (κ3) is 2.28. The summed E-state index contributed by atoms with van der Waals surface area (Å²) >= 11 is 0. The van der Waals surface area contributed by atoms with Crippen LogP contribution in [0.1, 0.15) is 31.4 Å². The molecule has 19 heavy (non-hydrogen) atoms. The first-order valence-electron chi connectivity index (χ1n) is 6.84. The minimum Gasteiger partial charge on any atom is -0.396 e. The van der Waals surface area contributed by atoms with Crippen molar-refractivity contribution in [2.45, 2.75) is 38.6 Å². The molecule has 6 nitrogen and oxygen atoms in total. The Morgan fingerprint density at radius 1 is 1.47 bits per heavy atom. The van der Waals surface area contributed by atoms with E-state index in [1.807, 2.05) is 11.4 Å². The molecule has 0 amide bonds. The molecule has 0 saturated carbocycles. The van der Waals surface area contributed by atoms with Gasteiger partial charge in [-0.2, -0.15) is 14.6 Å². The van der Waals surface area contributed by atoms with Gasteiger partial charge in [-0.05, 0) is 32.6 Å². The van der Waals surface area contributed by atoms with Gasteiger partial charge in [0, 0.05) is 31.0 Å². The van der Waals surface area contributed by atoms with Gasteiger partial charge in [0.25, 0.3) is 5.78 Å². The summed E-state index contributed by atoms with van der Waals surface area (Å²) in [7, 11) is 0. The first-order valence-corrected chi connectivity index (χ1v) is 6.84. The van der Waals surface area contributed by atoms with Crippen LogP contribution < -0.4 is 4.90 Å². The molecule has 1 N–H and O–H groups in total. The topological polar surface area (TPSA) is 66.5 Å². The molecule has 0 bridgehead atoms. The number of aryl methyl sites for hydroxylation is 1. The summed E-state index contributed by atoms with van der Waals surface area (Å²) in [5, 5.41) is 13.3. The Labute approximate surface area is 112 Å². The first kappa shape index (κ1) is 12.3. The van der Waals surface area contributed by atoms with Crippen molar-refractivity contribution in [1.82, 2.24) is 19.6 Å². The number of fused-ring (bicyclic) bond motifs is 1. The number of anilines is 1. The van der Waals surface area contributed by atoms with E-state index in [4.69, 9.17) is 5.11 Å². The molecular weight excluding hydrogens is 242 g/mol. The number of hydrogen-bond acceptors (Lipinski definition) is 5. The average Bonchev–Trinajstić information content (AvgIpc) is 3.03. The fourth-order valence-corrected chi connectivity index (χ4v) is 2.88. The van der Waals surface area contributed by atoms with E-state index in [0.29, 0.717) is 11.8 Å². The number of nitrogens with zero attached hydrogens (tertiary/aromatic N) is 5. The summed E-state index contributed by atoms with van der Waals surface area (Å²) in [6, 6.07) is 2.56. The van der Waals surface area contributed by atoms with E-state index in [0.717, 1.165) is 30.9 Å². The molecule has 1 aliphatic heterocycles. The number of rotatable bonds is 4. The van der Waals surface area contributed by atoms with Crippen LogP contribution in [0.2, 0.25) is 0 Å². The van der Waals surface area contributed by atoms with Crippen LogP contribution in [0.3, 0.4) is 0 Å². The number of aliphatic hydroxyl groups is 1. The van der Waals surface area contributed by atoms with Crippen LogP contribution in [0.25, 0.3) is 5.78 Å². The quantitative estimate of drug-likeness (QED) is 0.895. The number of aliphatic hydroxyl groups excluding tert-OH is 1. The molecule has 2 aromatic heterocycles. The van der Waals surface area contributed by atoms with Crippen molar-refractivity contribution in [3.8, 4) is 0 Å². The third-order valence-electron chi connectivity index (χ3n) is 3.73. The van der Waals surface area contributed by atoms with Crippen molar-refractivity contribution in [3.63, 3.8) is 0 Å². The third-order valence-corrected chi connectivity index (χ3v) is 3.73. The van der Waals surface area contributed by atoms with E-state index in [-0.39, 0.29) is 6.61 Å². The highest BCUT2D eigenvalue weighted by Crippen LogP contribution is 2.28. The van der Waals surface area contributed by atoms with Gasteiger partial charge in [-0.25, -0.2) is 4.98 Å². The molecule has 1 saturated heterocycles. The Hall–Kier alpha value is -1.69. The van der Waals surface area contributed by atoms with Crippen molar-refractivity contribution < 1.29 is 5.11 Å². The fraction of sp³-hybridized carbons (Fsp3) is 0.615. The maximum Gasteiger partial charge on any atom is 0.254 e. The Morgan fingerprint density at radius 2 is 2.37 bits per heavy atom. The minimum absolute atomic E-state index is 0.262. The number of aromatic nitrogens is 4. The average molecular weight is 261 g/mol. The van der Waals surface area contributed by atoms with E-state index in [9.17, 15) is 0 Å². The van der Waals surface area contributed by atoms with Gasteiger partial charge >= 0.3 is 0 Å². The fourth-order valence-electron chi connectivity index (χ4n) is 2.88. The molecule has 0 aromatic carbocycles. The van der Waals surface area contributed by atoms with E-state index in [1.54, 1.807) is 6.33 Å². The zero-order chi connectivity index (χ0) is 13.2. The van der Waals surface area contributed by atoms with Crippen molar-refractivity contribution in [1.29, 1.82) is 0 Å². The van der Waals surface area contributed by atoms with Crippen LogP contribution >= 0.6 is 0 Å². The molecule has 0 radical (unpaired) electrons. The van der Waals surface area contributed by atoms with Crippen molar-refractivity contribution in [3.05, 3.63) is 18.1 Å². The van der Waals surface area contributed by atoms with Crippen molar-refractivity contribution >= 4 is 11.6 Å². The molecule has 102 valence electrons. The van der Waals surface area contributed by atoms with Crippen LogP contribution in [-0.4, -0.2) is 43.9 Å². The Balaban J connectivity index is 1.96. The second-order valence-corrected chi connectivity index (χ2v) is 5.08. The largest absolute Gasteiger partial charge is 0.396 e. The maximum atomic E-state index is 9.01. The molecule has 0 aliphatic carbocycles. The molecule has 1 fully saturated rings. The van der Waals surface area contributed by atoms with Crippen molar-refractivity contribution in [2.24, 2.45) is 0 Å². The van der Waals surface area contributed by atoms with Crippen LogP contribution in [0.15, 0.2) is 12.4 Å². The highest BCUT2D eigenvalue weighted by molar-refractivity contribution is 5.48. The lowest BCUT2D eigenvalue weighted by Crippen LogP contribution is -2.31. The van der Waals surface area contributed by atoms with E-state index in [1.165, 1.54) is 12.8 Å². The van der Waals surface area contributed by atoms with E-state index >= 15 is 0 Å². The lowest BCUT2D eigenvalue weighted by Gasteiger charge is -2.26. The molecule has 1 unspecified atom stereocenters. The molecule has 6 heteroatoms. The van der Waals surface area contributed by atoms with Crippen LogP contribution in [0, 0.1) is 6.92 Å². The van der Waals surface area contributed by atoms with Gasteiger partial charge in [0.15, 0.2) is 0 Å². The van der Waals surface area contributed by atoms with E-state index < -0.39 is 0 Å². The summed E-state index contributed by atoms with van der Waals surface area (Å²) in [6.07, 6.45) is 5.79. The summed E-state index contributed by atoms with van der Waals surface area (Å²) in [6.45, 7) is 3.28. The summed E-state index contributed by atoms with van der Waals surface area (Å²) in [5.74, 6) is 1.73. The monoisotopic (exact) mass is 261 g/mol. The SMILES string of the molecule is Cc1cc(N2CCCC2CCCO)n2ncnc2n1. The van der Waals surface area contributed by atoms with Gasteiger partial charge in [-0.3, -0.25) is 0 Å². The van der Waals surface area contributed by atoms with Gasteiger partial charge < -0.3 is 10.0 Å². The highest BCUT2D eigenvalue weighted by atomic mass is 16.2. The molecule has 0 spiro atoms. The second-order valence-electron chi connectivity index (χ2n) is 5.08. The first-order chi connectivity index (χ1) is 9.29. The van der Waals surface area contributed by atoms with Gasteiger partial charge in [0.1, 0.15) is 12.1 Å². The van der Waals surface area contributed by atoms with Crippen molar-refractivity contribution in [2.75, 3.05) is 18.1 Å². The van der Waals surface area contributed by atoms with Crippen LogP contribution in [0.5, 0.6) is 0 Å². The minimum atomic E-state index is 0.262. The molecular formula is C13H19N5O. The summed E-state index contributed by atoms with van der Waals surface area (Å²) < 4.78 is 1.81. The molecule has 1 aliphatic rings. The van der Waals surface area contributed by atoms with Gasteiger partial charge in [0.05, 0.1) is 0 Å². The van der Waals surface area contributed by atoms with Crippen LogP contribution in [-0.2, 0) is 0 Å². The Bertz CT molecular complexity index is 567. The maximum absolute atomic E-state index is 9.01. The molecule has 2 aromatic rings. The molecule has 1 atom stereocenters. The summed E-state index contributed by atoms with van der Waals surface area (Å²) in [5.41, 5.74) is 0.961. The smallest absolute Gasteiger partial charge is 0.254 e. The second kappa shape index (κ2) is 5.13. The van der Waals surface area contributed by atoms with E-state index in [2.05, 4.69) is 26.0 Å². The lowest BCUT2D eigenvalue weighted by atomic mass is 10.1. The highest BCUT2D eigenvalue weighted by Gasteiger charge is 2.26. The van der Waals surface area contributed by atoms with Gasteiger partial charge in [-0.15, -0.1) is 0 Å². The normalized spacial score (nSPS) is 19.5. The predicted octanol–water partition coefficient (Wildman–Crippen LogP) is 1.17.